The van der Waals surface area contributed by atoms with Crippen molar-refractivity contribution in [1.82, 2.24) is 0 Å². The lowest BCUT2D eigenvalue weighted by Gasteiger charge is -2.17. The number of anilines is 1. The Bertz CT molecular complexity index is 376. The fraction of sp³-hybridized carbons (Fsp3) is 0.250. The van der Waals surface area contributed by atoms with Crippen LogP contribution in [0.15, 0.2) is 36.9 Å². The van der Waals surface area contributed by atoms with Crippen LogP contribution in [0.25, 0.3) is 0 Å². The number of hydrogen-bond acceptors (Lipinski definition) is 4. The minimum atomic E-state index is -0.463. The molecule has 4 heteroatoms. The number of methoxy groups -OCH3 is 1. The number of carbonyl (C=O) groups is 1. The molecule has 0 fully saturated rings. The van der Waals surface area contributed by atoms with Gasteiger partial charge in [0.05, 0.1) is 12.8 Å². The van der Waals surface area contributed by atoms with Gasteiger partial charge in [0, 0.05) is 6.08 Å². The maximum Gasteiger partial charge on any atom is 0.332 e. The molecule has 1 aromatic rings. The van der Waals surface area contributed by atoms with E-state index in [-0.39, 0.29) is 0 Å². The van der Waals surface area contributed by atoms with Crippen molar-refractivity contribution < 1.29 is 14.3 Å². The van der Waals surface area contributed by atoms with Crippen molar-refractivity contribution in [3.8, 4) is 5.75 Å². The Kier molecular flexibility index (Phi) is 4.39. The summed E-state index contributed by atoms with van der Waals surface area (Å²) in [4.78, 5) is 11.0. The van der Waals surface area contributed by atoms with Crippen molar-refractivity contribution in [3.63, 3.8) is 0 Å². The first kappa shape index (κ1) is 12.1. The Labute approximate surface area is 94.9 Å². The zero-order chi connectivity index (χ0) is 12.0. The number of benzene rings is 1. The molecule has 0 aliphatic heterocycles. The number of esters is 1. The van der Waals surface area contributed by atoms with Gasteiger partial charge in [0.1, 0.15) is 5.75 Å². The van der Waals surface area contributed by atoms with Gasteiger partial charge in [0.2, 0.25) is 0 Å². The minimum absolute atomic E-state index is 0.443. The minimum Gasteiger partial charge on any atom is -0.495 e. The van der Waals surface area contributed by atoms with Crippen molar-refractivity contribution >= 4 is 11.7 Å². The van der Waals surface area contributed by atoms with Gasteiger partial charge in [-0.1, -0.05) is 18.7 Å². The zero-order valence-electron chi connectivity index (χ0n) is 9.40. The molecular formula is C12H15NO3. The van der Waals surface area contributed by atoms with Gasteiger partial charge in [0.15, 0.2) is 6.23 Å². The van der Waals surface area contributed by atoms with Gasteiger partial charge >= 0.3 is 5.97 Å². The normalized spacial score (nSPS) is 11.4. The standard InChI is InChI=1S/C12H15NO3/c1-4-12(14)16-9(2)13-10-7-5-6-8-11(10)15-3/h4-9,13H,1H2,2-3H3. The van der Waals surface area contributed by atoms with E-state index in [1.807, 2.05) is 24.3 Å². The molecule has 1 atom stereocenters. The van der Waals surface area contributed by atoms with E-state index in [0.29, 0.717) is 5.75 Å². The smallest absolute Gasteiger partial charge is 0.332 e. The Morgan fingerprint density at radius 1 is 1.50 bits per heavy atom. The largest absolute Gasteiger partial charge is 0.495 e. The SMILES string of the molecule is C=CC(=O)OC(C)Nc1ccccc1OC. The van der Waals surface area contributed by atoms with Gasteiger partial charge in [-0.15, -0.1) is 0 Å². The molecule has 4 nitrogen and oxygen atoms in total. The van der Waals surface area contributed by atoms with E-state index in [4.69, 9.17) is 9.47 Å². The second kappa shape index (κ2) is 5.80. The third-order valence-corrected chi connectivity index (χ3v) is 1.93. The van der Waals surface area contributed by atoms with Crippen LogP contribution >= 0.6 is 0 Å². The van der Waals surface area contributed by atoms with E-state index in [2.05, 4.69) is 11.9 Å². The van der Waals surface area contributed by atoms with Gasteiger partial charge in [-0.2, -0.15) is 0 Å². The molecule has 0 heterocycles. The summed E-state index contributed by atoms with van der Waals surface area (Å²) in [6, 6.07) is 7.40. The second-order valence-electron chi connectivity index (χ2n) is 3.13. The molecule has 0 aliphatic carbocycles. The summed E-state index contributed by atoms with van der Waals surface area (Å²) in [6.07, 6.45) is 0.683. The quantitative estimate of drug-likeness (QED) is 0.470. The molecule has 16 heavy (non-hydrogen) atoms. The van der Waals surface area contributed by atoms with E-state index >= 15 is 0 Å². The first-order valence-corrected chi connectivity index (χ1v) is 4.90. The fourth-order valence-corrected chi connectivity index (χ4v) is 1.23. The Morgan fingerprint density at radius 3 is 2.81 bits per heavy atom. The van der Waals surface area contributed by atoms with Gasteiger partial charge in [-0.25, -0.2) is 4.79 Å². The Morgan fingerprint density at radius 2 is 2.19 bits per heavy atom. The summed E-state index contributed by atoms with van der Waals surface area (Å²) in [5.74, 6) is 0.235. The summed E-state index contributed by atoms with van der Waals surface area (Å²) in [7, 11) is 1.58. The van der Waals surface area contributed by atoms with Crippen LogP contribution in [0.5, 0.6) is 5.75 Å². The van der Waals surface area contributed by atoms with Crippen molar-refractivity contribution in [2.24, 2.45) is 0 Å². The molecule has 1 aromatic carbocycles. The van der Waals surface area contributed by atoms with Gasteiger partial charge < -0.3 is 14.8 Å². The fourth-order valence-electron chi connectivity index (χ4n) is 1.23. The summed E-state index contributed by atoms with van der Waals surface area (Å²) in [5, 5.41) is 3.01. The number of nitrogens with one attached hydrogen (secondary N) is 1. The molecule has 0 saturated heterocycles. The molecule has 1 N–H and O–H groups in total. The second-order valence-corrected chi connectivity index (χ2v) is 3.13. The molecule has 0 bridgehead atoms. The molecule has 0 radical (unpaired) electrons. The van der Waals surface area contributed by atoms with Crippen LogP contribution in [0.2, 0.25) is 0 Å². The highest BCUT2D eigenvalue weighted by Crippen LogP contribution is 2.23. The van der Waals surface area contributed by atoms with Crippen LogP contribution in [0.1, 0.15) is 6.92 Å². The molecule has 0 aromatic heterocycles. The van der Waals surface area contributed by atoms with E-state index < -0.39 is 12.2 Å². The van der Waals surface area contributed by atoms with Gasteiger partial charge in [-0.05, 0) is 19.1 Å². The zero-order valence-corrected chi connectivity index (χ0v) is 9.40. The number of hydrogen-bond donors (Lipinski definition) is 1. The van der Waals surface area contributed by atoms with Gasteiger partial charge in [0.25, 0.3) is 0 Å². The van der Waals surface area contributed by atoms with Crippen molar-refractivity contribution in [3.05, 3.63) is 36.9 Å². The summed E-state index contributed by atoms with van der Waals surface area (Å²) in [6.45, 7) is 5.06. The molecule has 0 aliphatic rings. The number of carbonyl (C=O) groups excluding carboxylic acids is 1. The predicted octanol–water partition coefficient (Wildman–Crippen LogP) is 2.18. The first-order valence-electron chi connectivity index (χ1n) is 4.90. The highest BCUT2D eigenvalue weighted by molar-refractivity contribution is 5.81. The van der Waals surface area contributed by atoms with Crippen LogP contribution < -0.4 is 10.1 Å². The molecule has 1 rings (SSSR count). The molecule has 0 saturated carbocycles. The predicted molar refractivity (Wildman–Crippen MR) is 62.4 cm³/mol. The van der Waals surface area contributed by atoms with Crippen molar-refractivity contribution in [2.45, 2.75) is 13.2 Å². The van der Waals surface area contributed by atoms with Gasteiger partial charge in [-0.3, -0.25) is 0 Å². The third-order valence-electron chi connectivity index (χ3n) is 1.93. The van der Waals surface area contributed by atoms with E-state index in [1.54, 1.807) is 14.0 Å². The monoisotopic (exact) mass is 221 g/mol. The average molecular weight is 221 g/mol. The van der Waals surface area contributed by atoms with Crippen LogP contribution in [0, 0.1) is 0 Å². The summed E-state index contributed by atoms with van der Waals surface area (Å²) < 4.78 is 10.1. The lowest BCUT2D eigenvalue weighted by molar-refractivity contribution is -0.140. The maximum atomic E-state index is 11.0. The number of rotatable bonds is 5. The Balaban J connectivity index is 2.65. The average Bonchev–Trinajstić information content (AvgIpc) is 2.29. The van der Waals surface area contributed by atoms with Crippen LogP contribution in [-0.4, -0.2) is 19.3 Å². The van der Waals surface area contributed by atoms with Crippen LogP contribution in [0.3, 0.4) is 0 Å². The number of ether oxygens (including phenoxy) is 2. The van der Waals surface area contributed by atoms with Crippen molar-refractivity contribution in [1.29, 1.82) is 0 Å². The van der Waals surface area contributed by atoms with Crippen LogP contribution in [0.4, 0.5) is 5.69 Å². The molecular weight excluding hydrogens is 206 g/mol. The Hall–Kier alpha value is -1.97. The lowest BCUT2D eigenvalue weighted by atomic mass is 10.3. The van der Waals surface area contributed by atoms with E-state index in [9.17, 15) is 4.79 Å². The van der Waals surface area contributed by atoms with E-state index in [0.717, 1.165) is 11.8 Å². The molecule has 86 valence electrons. The summed E-state index contributed by atoms with van der Waals surface area (Å²) >= 11 is 0. The first-order chi connectivity index (χ1) is 7.67. The third kappa shape index (κ3) is 3.31. The highest BCUT2D eigenvalue weighted by Gasteiger charge is 2.08. The summed E-state index contributed by atoms with van der Waals surface area (Å²) in [5.41, 5.74) is 0.773. The van der Waals surface area contributed by atoms with Crippen LogP contribution in [-0.2, 0) is 9.53 Å². The van der Waals surface area contributed by atoms with Crippen molar-refractivity contribution in [2.75, 3.05) is 12.4 Å². The molecule has 0 spiro atoms. The topological polar surface area (TPSA) is 47.6 Å². The van der Waals surface area contributed by atoms with E-state index in [1.165, 1.54) is 0 Å². The lowest BCUT2D eigenvalue weighted by Crippen LogP contribution is -2.22. The number of para-hydroxylation sites is 2. The molecule has 1 unspecified atom stereocenters. The maximum absolute atomic E-state index is 11.0. The molecule has 0 amide bonds. The highest BCUT2D eigenvalue weighted by atomic mass is 16.6.